The zero-order valence-electron chi connectivity index (χ0n) is 8.49. The van der Waals surface area contributed by atoms with Gasteiger partial charge in [0.1, 0.15) is 5.78 Å². The lowest BCUT2D eigenvalue weighted by atomic mass is 10.1. The van der Waals surface area contributed by atoms with Crippen molar-refractivity contribution in [1.29, 1.82) is 0 Å². The first-order valence-electron chi connectivity index (χ1n) is 4.62. The molecule has 14 heavy (non-hydrogen) atoms. The van der Waals surface area contributed by atoms with E-state index in [9.17, 15) is 13.8 Å². The predicted octanol–water partition coefficient (Wildman–Crippen LogP) is -0.0551. The Morgan fingerprint density at radius 2 is 2.14 bits per heavy atom. The molecule has 0 spiro atoms. The maximum absolute atomic E-state index is 11.4. The smallest absolute Gasteiger partial charge is 0.230 e. The Hall–Kier alpha value is -0.710. The van der Waals surface area contributed by atoms with Gasteiger partial charge in [-0.05, 0) is 6.92 Å². The molecule has 80 valence electrons. The van der Waals surface area contributed by atoms with Gasteiger partial charge in [-0.15, -0.1) is 0 Å². The molecular formula is C9H15NO3S. The van der Waals surface area contributed by atoms with E-state index in [0.29, 0.717) is 18.7 Å². The molecule has 1 aliphatic rings. The minimum absolute atomic E-state index is 0.0103. The molecule has 1 aliphatic heterocycles. The topological polar surface area (TPSA) is 54.5 Å². The number of piperidine rings is 1. The summed E-state index contributed by atoms with van der Waals surface area (Å²) in [5.41, 5.74) is 0. The van der Waals surface area contributed by atoms with Crippen LogP contribution in [0.5, 0.6) is 0 Å². The van der Waals surface area contributed by atoms with Crippen molar-refractivity contribution in [2.24, 2.45) is 0 Å². The number of likely N-dealkylation sites (tertiary alicyclic amines) is 1. The molecule has 0 bridgehead atoms. The SMILES string of the molecule is CC(CS(C)=O)N1CCC(=O)CC1=O. The molecule has 0 saturated carbocycles. The Morgan fingerprint density at radius 1 is 1.50 bits per heavy atom. The summed E-state index contributed by atoms with van der Waals surface area (Å²) in [4.78, 5) is 24.0. The molecule has 1 saturated heterocycles. The minimum atomic E-state index is -0.900. The summed E-state index contributed by atoms with van der Waals surface area (Å²) in [7, 11) is -0.900. The van der Waals surface area contributed by atoms with Gasteiger partial charge in [0.05, 0.1) is 6.42 Å². The molecule has 2 atom stereocenters. The van der Waals surface area contributed by atoms with E-state index in [1.54, 1.807) is 11.2 Å². The number of hydrogen-bond acceptors (Lipinski definition) is 3. The van der Waals surface area contributed by atoms with Crippen LogP contribution in [0.4, 0.5) is 0 Å². The molecule has 2 unspecified atom stereocenters. The Balaban J connectivity index is 2.55. The van der Waals surface area contributed by atoms with Crippen molar-refractivity contribution in [2.45, 2.75) is 25.8 Å². The van der Waals surface area contributed by atoms with Gasteiger partial charge in [0, 0.05) is 41.8 Å². The summed E-state index contributed by atoms with van der Waals surface area (Å²) >= 11 is 0. The summed E-state index contributed by atoms with van der Waals surface area (Å²) in [6.07, 6.45) is 2.07. The predicted molar refractivity (Wildman–Crippen MR) is 54.3 cm³/mol. The van der Waals surface area contributed by atoms with Crippen molar-refractivity contribution >= 4 is 22.5 Å². The fraction of sp³-hybridized carbons (Fsp3) is 0.778. The van der Waals surface area contributed by atoms with Crippen molar-refractivity contribution in [2.75, 3.05) is 18.6 Å². The maximum atomic E-state index is 11.4. The van der Waals surface area contributed by atoms with Crippen LogP contribution < -0.4 is 0 Å². The highest BCUT2D eigenvalue weighted by Gasteiger charge is 2.27. The first-order chi connectivity index (χ1) is 6.50. The molecule has 5 heteroatoms. The van der Waals surface area contributed by atoms with Gasteiger partial charge in [0.15, 0.2) is 0 Å². The molecule has 1 rings (SSSR count). The van der Waals surface area contributed by atoms with Crippen LogP contribution in [0.15, 0.2) is 0 Å². The second-order valence-corrected chi connectivity index (χ2v) is 5.12. The zero-order valence-corrected chi connectivity index (χ0v) is 9.30. The number of nitrogens with zero attached hydrogens (tertiary/aromatic N) is 1. The normalized spacial score (nSPS) is 22.3. The number of carbonyl (C=O) groups excluding carboxylic acids is 2. The van der Waals surface area contributed by atoms with E-state index in [1.165, 1.54) is 0 Å². The fourth-order valence-electron chi connectivity index (χ4n) is 1.62. The molecule has 0 aliphatic carbocycles. The van der Waals surface area contributed by atoms with Crippen LogP contribution in [0, 0.1) is 0 Å². The average Bonchev–Trinajstić information content (AvgIpc) is 2.01. The van der Waals surface area contributed by atoms with Crippen LogP contribution in [0.2, 0.25) is 0 Å². The van der Waals surface area contributed by atoms with Gasteiger partial charge in [-0.1, -0.05) is 0 Å². The van der Waals surface area contributed by atoms with Crippen LogP contribution in [0.25, 0.3) is 0 Å². The standard InChI is InChI=1S/C9H15NO3S/c1-7(6-14(2)13)10-4-3-8(11)5-9(10)12/h7H,3-6H2,1-2H3. The van der Waals surface area contributed by atoms with Gasteiger partial charge in [-0.25, -0.2) is 0 Å². The first-order valence-corrected chi connectivity index (χ1v) is 6.34. The number of hydrogen-bond donors (Lipinski definition) is 0. The monoisotopic (exact) mass is 217 g/mol. The van der Waals surface area contributed by atoms with E-state index in [4.69, 9.17) is 0 Å². The first kappa shape index (κ1) is 11.4. The molecule has 1 heterocycles. The van der Waals surface area contributed by atoms with Gasteiger partial charge >= 0.3 is 0 Å². The lowest BCUT2D eigenvalue weighted by molar-refractivity contribution is -0.140. The van der Waals surface area contributed by atoms with E-state index in [1.807, 2.05) is 6.92 Å². The van der Waals surface area contributed by atoms with Crippen molar-refractivity contribution in [1.82, 2.24) is 4.90 Å². The van der Waals surface area contributed by atoms with Gasteiger partial charge in [0.25, 0.3) is 0 Å². The van der Waals surface area contributed by atoms with E-state index in [0.717, 1.165) is 0 Å². The molecule has 1 amide bonds. The summed E-state index contributed by atoms with van der Waals surface area (Å²) in [6, 6.07) is -0.0265. The highest BCUT2D eigenvalue weighted by Crippen LogP contribution is 2.11. The Kier molecular flexibility index (Phi) is 3.80. The summed E-state index contributed by atoms with van der Waals surface area (Å²) < 4.78 is 11.0. The fourth-order valence-corrected chi connectivity index (χ4v) is 2.48. The van der Waals surface area contributed by atoms with Crippen molar-refractivity contribution in [3.8, 4) is 0 Å². The lowest BCUT2D eigenvalue weighted by Crippen LogP contribution is -2.46. The molecule has 0 radical (unpaired) electrons. The van der Waals surface area contributed by atoms with Crippen molar-refractivity contribution < 1.29 is 13.8 Å². The lowest BCUT2D eigenvalue weighted by Gasteiger charge is -2.31. The molecular weight excluding hydrogens is 202 g/mol. The van der Waals surface area contributed by atoms with Crippen molar-refractivity contribution in [3.63, 3.8) is 0 Å². The number of Topliss-reactive ketones (excluding diaryl/α,β-unsaturated/α-hetero) is 1. The van der Waals surface area contributed by atoms with Gasteiger partial charge in [0.2, 0.25) is 5.91 Å². The van der Waals surface area contributed by atoms with E-state index in [2.05, 4.69) is 0 Å². The molecule has 0 N–H and O–H groups in total. The summed E-state index contributed by atoms with van der Waals surface area (Å²) in [5.74, 6) is 0.371. The number of amides is 1. The van der Waals surface area contributed by atoms with Crippen LogP contribution in [0.3, 0.4) is 0 Å². The summed E-state index contributed by atoms with van der Waals surface area (Å²) in [6.45, 7) is 2.35. The third-order valence-corrected chi connectivity index (χ3v) is 3.26. The Morgan fingerprint density at radius 3 is 2.64 bits per heavy atom. The van der Waals surface area contributed by atoms with E-state index >= 15 is 0 Å². The van der Waals surface area contributed by atoms with Crippen LogP contribution in [-0.4, -0.2) is 45.4 Å². The highest BCUT2D eigenvalue weighted by molar-refractivity contribution is 7.84. The second-order valence-electron chi connectivity index (χ2n) is 3.64. The van der Waals surface area contributed by atoms with Crippen LogP contribution in [0.1, 0.15) is 19.8 Å². The van der Waals surface area contributed by atoms with Gasteiger partial charge in [-0.2, -0.15) is 0 Å². The second kappa shape index (κ2) is 4.68. The van der Waals surface area contributed by atoms with Crippen LogP contribution >= 0.6 is 0 Å². The molecule has 0 aromatic carbocycles. The zero-order chi connectivity index (χ0) is 10.7. The third-order valence-electron chi connectivity index (χ3n) is 2.31. The van der Waals surface area contributed by atoms with E-state index < -0.39 is 10.8 Å². The molecule has 0 aromatic heterocycles. The highest BCUT2D eigenvalue weighted by atomic mass is 32.2. The van der Waals surface area contributed by atoms with Crippen molar-refractivity contribution in [3.05, 3.63) is 0 Å². The molecule has 4 nitrogen and oxygen atoms in total. The minimum Gasteiger partial charge on any atom is -0.338 e. The Bertz CT molecular complexity index is 277. The maximum Gasteiger partial charge on any atom is 0.230 e. The number of carbonyl (C=O) groups is 2. The number of rotatable bonds is 3. The van der Waals surface area contributed by atoms with E-state index in [-0.39, 0.29) is 24.2 Å². The Labute approximate surface area is 86.1 Å². The van der Waals surface area contributed by atoms with Gasteiger partial charge < -0.3 is 4.90 Å². The third kappa shape index (κ3) is 2.90. The average molecular weight is 217 g/mol. The quantitative estimate of drug-likeness (QED) is 0.623. The number of ketones is 1. The largest absolute Gasteiger partial charge is 0.338 e. The summed E-state index contributed by atoms with van der Waals surface area (Å²) in [5, 5.41) is 0. The molecule has 1 fully saturated rings. The van der Waals surface area contributed by atoms with Gasteiger partial charge in [-0.3, -0.25) is 13.8 Å². The van der Waals surface area contributed by atoms with Crippen LogP contribution in [-0.2, 0) is 20.4 Å². The molecule has 0 aromatic rings.